The van der Waals surface area contributed by atoms with Gasteiger partial charge in [-0.2, -0.15) is 0 Å². The molecule has 0 spiro atoms. The lowest BCUT2D eigenvalue weighted by Crippen LogP contribution is -2.27. The second-order valence-electron chi connectivity index (χ2n) is 3.64. The van der Waals surface area contributed by atoms with Crippen LogP contribution in [0.25, 0.3) is 5.76 Å². The van der Waals surface area contributed by atoms with Gasteiger partial charge in [-0.1, -0.05) is 6.92 Å². The smallest absolute Gasteiger partial charge is 0.239 e. The van der Waals surface area contributed by atoms with Crippen LogP contribution in [0.4, 0.5) is 0 Å². The second-order valence-corrected chi connectivity index (χ2v) is 3.64. The number of hydrogen-bond donors (Lipinski definition) is 2. The predicted molar refractivity (Wildman–Crippen MR) is 61.1 cm³/mol. The molecule has 0 aromatic carbocycles. The number of pyridine rings is 1. The Balaban J connectivity index is 2.72. The molecule has 2 N–H and O–H groups in total. The molecular formula is C12H10N2O3. The average Bonchev–Trinajstić information content (AvgIpc) is 2.36. The van der Waals surface area contributed by atoms with Gasteiger partial charge in [-0.25, -0.2) is 0 Å². The molecule has 1 aliphatic rings. The summed E-state index contributed by atoms with van der Waals surface area (Å²) in [6, 6.07) is 1.39. The van der Waals surface area contributed by atoms with Gasteiger partial charge in [0.05, 0.1) is 5.57 Å². The van der Waals surface area contributed by atoms with E-state index in [9.17, 15) is 14.7 Å². The molecule has 0 saturated carbocycles. The van der Waals surface area contributed by atoms with Crippen LogP contribution in [-0.2, 0) is 4.79 Å². The first-order chi connectivity index (χ1) is 8.07. The minimum atomic E-state index is -0.826. The summed E-state index contributed by atoms with van der Waals surface area (Å²) < 4.78 is 0. The fourth-order valence-electron chi connectivity index (χ4n) is 1.72. The van der Waals surface area contributed by atoms with E-state index in [4.69, 9.17) is 5.41 Å². The van der Waals surface area contributed by atoms with E-state index in [2.05, 4.69) is 4.98 Å². The number of carbonyl (C=O) groups excluding carboxylic acids is 2. The largest absolute Gasteiger partial charge is 0.506 e. The van der Waals surface area contributed by atoms with E-state index >= 15 is 0 Å². The molecule has 1 aromatic heterocycles. The molecule has 0 aliphatic heterocycles. The highest BCUT2D eigenvalue weighted by Crippen LogP contribution is 2.27. The third-order valence-corrected chi connectivity index (χ3v) is 2.65. The third-order valence-electron chi connectivity index (χ3n) is 2.65. The lowest BCUT2D eigenvalue weighted by atomic mass is 9.87. The molecule has 2 rings (SSSR count). The molecule has 0 unspecified atom stereocenters. The summed E-state index contributed by atoms with van der Waals surface area (Å²) in [7, 11) is 0. The molecule has 0 atom stereocenters. The first-order valence-corrected chi connectivity index (χ1v) is 5.12. The van der Waals surface area contributed by atoms with Gasteiger partial charge >= 0.3 is 0 Å². The van der Waals surface area contributed by atoms with Crippen molar-refractivity contribution in [2.75, 3.05) is 0 Å². The molecule has 0 bridgehead atoms. The van der Waals surface area contributed by atoms with Crippen molar-refractivity contribution in [1.29, 1.82) is 5.41 Å². The van der Waals surface area contributed by atoms with Crippen LogP contribution < -0.4 is 0 Å². The second kappa shape index (κ2) is 3.93. The Morgan fingerprint density at radius 1 is 1.35 bits per heavy atom. The molecule has 1 aliphatic carbocycles. The third kappa shape index (κ3) is 1.56. The number of aliphatic hydroxyl groups excluding tert-OH is 1. The number of nitrogens with zero attached hydrogens (tertiary/aromatic N) is 1. The predicted octanol–water partition coefficient (Wildman–Crippen LogP) is 1.55. The molecule has 0 saturated heterocycles. The standard InChI is InChI=1S/C12H10N2O3/c1-2-8(13)9-10(15)7-5-14-4-3-6(7)11(16)12(9)17/h3-5,13,15H,2H2,1H3. The van der Waals surface area contributed by atoms with Crippen LogP contribution in [0.3, 0.4) is 0 Å². The SMILES string of the molecule is CCC(=N)C1=C(O)c2cnccc2C(=O)C1=O. The number of hydrogen-bond acceptors (Lipinski definition) is 5. The van der Waals surface area contributed by atoms with Gasteiger partial charge in [0.25, 0.3) is 0 Å². The molecule has 0 radical (unpaired) electrons. The van der Waals surface area contributed by atoms with Gasteiger partial charge < -0.3 is 10.5 Å². The number of carbonyl (C=O) groups is 2. The molecule has 5 heteroatoms. The summed E-state index contributed by atoms with van der Waals surface area (Å²) >= 11 is 0. The van der Waals surface area contributed by atoms with Gasteiger partial charge in [-0.05, 0) is 12.5 Å². The number of nitrogens with one attached hydrogen (secondary N) is 1. The van der Waals surface area contributed by atoms with E-state index in [1.54, 1.807) is 6.92 Å². The minimum Gasteiger partial charge on any atom is -0.506 e. The maximum atomic E-state index is 11.8. The number of aromatic nitrogens is 1. The quantitative estimate of drug-likeness (QED) is 0.595. The molecular weight excluding hydrogens is 220 g/mol. The summed E-state index contributed by atoms with van der Waals surface area (Å²) in [5.74, 6) is -1.86. The zero-order valence-electron chi connectivity index (χ0n) is 9.15. The summed E-state index contributed by atoms with van der Waals surface area (Å²) in [6.07, 6.45) is 2.97. The Kier molecular flexibility index (Phi) is 2.59. The van der Waals surface area contributed by atoms with Crippen molar-refractivity contribution in [2.45, 2.75) is 13.3 Å². The number of allylic oxidation sites excluding steroid dienone is 1. The Morgan fingerprint density at radius 2 is 2.06 bits per heavy atom. The summed E-state index contributed by atoms with van der Waals surface area (Å²) in [6.45, 7) is 1.68. The van der Waals surface area contributed by atoms with Crippen molar-refractivity contribution in [2.24, 2.45) is 0 Å². The summed E-state index contributed by atoms with van der Waals surface area (Å²) in [5, 5.41) is 17.5. The van der Waals surface area contributed by atoms with Crippen LogP contribution in [0.1, 0.15) is 29.3 Å². The zero-order valence-corrected chi connectivity index (χ0v) is 9.15. The van der Waals surface area contributed by atoms with Crippen molar-refractivity contribution < 1.29 is 14.7 Å². The van der Waals surface area contributed by atoms with Crippen LogP contribution in [0.2, 0.25) is 0 Å². The molecule has 0 fully saturated rings. The van der Waals surface area contributed by atoms with Gasteiger partial charge in [0.2, 0.25) is 11.6 Å². The maximum Gasteiger partial charge on any atom is 0.239 e. The lowest BCUT2D eigenvalue weighted by Gasteiger charge is -2.17. The average molecular weight is 230 g/mol. The highest BCUT2D eigenvalue weighted by molar-refractivity contribution is 6.57. The van der Waals surface area contributed by atoms with Crippen LogP contribution in [-0.4, -0.2) is 27.4 Å². The van der Waals surface area contributed by atoms with Crippen LogP contribution in [0.5, 0.6) is 0 Å². The summed E-state index contributed by atoms with van der Waals surface area (Å²) in [4.78, 5) is 27.3. The molecule has 5 nitrogen and oxygen atoms in total. The molecule has 17 heavy (non-hydrogen) atoms. The van der Waals surface area contributed by atoms with Gasteiger partial charge in [-0.15, -0.1) is 0 Å². The number of aliphatic hydroxyl groups is 1. The normalized spacial score (nSPS) is 14.9. The molecule has 1 aromatic rings. The summed E-state index contributed by atoms with van der Waals surface area (Å²) in [5.41, 5.74) is 0.0915. The fraction of sp³-hybridized carbons (Fsp3) is 0.167. The van der Waals surface area contributed by atoms with Crippen molar-refractivity contribution in [3.63, 3.8) is 0 Å². The van der Waals surface area contributed by atoms with E-state index in [0.717, 1.165) is 0 Å². The number of rotatable bonds is 2. The Morgan fingerprint density at radius 3 is 2.71 bits per heavy atom. The highest BCUT2D eigenvalue weighted by atomic mass is 16.3. The topological polar surface area (TPSA) is 91.1 Å². The van der Waals surface area contributed by atoms with Crippen LogP contribution >= 0.6 is 0 Å². The fourth-order valence-corrected chi connectivity index (χ4v) is 1.72. The lowest BCUT2D eigenvalue weighted by molar-refractivity contribution is -0.111. The van der Waals surface area contributed by atoms with Gasteiger partial charge in [0, 0.05) is 29.2 Å². The number of ketones is 2. The first kappa shape index (κ1) is 11.2. The Labute approximate surface area is 97.3 Å². The van der Waals surface area contributed by atoms with Gasteiger partial charge in [-0.3, -0.25) is 14.6 Å². The van der Waals surface area contributed by atoms with Crippen LogP contribution in [0, 0.1) is 5.41 Å². The Hall–Kier alpha value is -2.30. The molecule has 1 heterocycles. The highest BCUT2D eigenvalue weighted by Gasteiger charge is 2.34. The monoisotopic (exact) mass is 230 g/mol. The van der Waals surface area contributed by atoms with E-state index in [0.29, 0.717) is 0 Å². The number of fused-ring (bicyclic) bond motifs is 1. The van der Waals surface area contributed by atoms with Gasteiger partial charge in [0.1, 0.15) is 5.76 Å². The van der Waals surface area contributed by atoms with E-state index < -0.39 is 11.6 Å². The molecule has 86 valence electrons. The Bertz CT molecular complexity index is 573. The minimum absolute atomic E-state index is 0.0460. The number of Topliss-reactive ketones (excluding diaryl/α,β-unsaturated/α-hetero) is 2. The molecule has 0 amide bonds. The zero-order chi connectivity index (χ0) is 12.6. The van der Waals surface area contributed by atoms with Crippen molar-refractivity contribution >= 4 is 23.0 Å². The van der Waals surface area contributed by atoms with Crippen molar-refractivity contribution in [3.8, 4) is 0 Å². The van der Waals surface area contributed by atoms with Gasteiger partial charge in [0.15, 0.2) is 0 Å². The van der Waals surface area contributed by atoms with Crippen LogP contribution in [0.15, 0.2) is 24.0 Å². The van der Waals surface area contributed by atoms with Crippen molar-refractivity contribution in [3.05, 3.63) is 35.2 Å². The maximum absolute atomic E-state index is 11.8. The van der Waals surface area contributed by atoms with E-state index in [1.807, 2.05) is 0 Å². The van der Waals surface area contributed by atoms with E-state index in [-0.39, 0.29) is 34.6 Å². The first-order valence-electron chi connectivity index (χ1n) is 5.12. The van der Waals surface area contributed by atoms with Crippen molar-refractivity contribution in [1.82, 2.24) is 4.98 Å². The van der Waals surface area contributed by atoms with E-state index in [1.165, 1.54) is 18.5 Å².